The third-order valence-electron chi connectivity index (χ3n) is 6.14. The van der Waals surface area contributed by atoms with Crippen LogP contribution in [0.2, 0.25) is 0 Å². The van der Waals surface area contributed by atoms with Gasteiger partial charge in [-0.05, 0) is 83.1 Å². The molecule has 4 rings (SSSR count). The van der Waals surface area contributed by atoms with Gasteiger partial charge in [0.1, 0.15) is 11.5 Å². The summed E-state index contributed by atoms with van der Waals surface area (Å²) < 4.78 is 11.5. The van der Waals surface area contributed by atoms with Gasteiger partial charge in [-0.1, -0.05) is 0 Å². The molecule has 0 spiro atoms. The number of aliphatic imine (C=N–C) groups is 1. The number of furan rings is 2. The average Bonchev–Trinajstić information content (AvgIpc) is 3.58. The Morgan fingerprint density at radius 2 is 1.47 bits per heavy atom. The lowest BCUT2D eigenvalue weighted by Gasteiger charge is -2.27. The molecule has 7 heteroatoms. The van der Waals surface area contributed by atoms with E-state index in [1.165, 1.54) is 25.7 Å². The van der Waals surface area contributed by atoms with Crippen LogP contribution in [0.3, 0.4) is 0 Å². The number of likely N-dealkylation sites (tertiary alicyclic amines) is 2. The van der Waals surface area contributed by atoms with Crippen molar-refractivity contribution in [2.24, 2.45) is 4.99 Å². The molecule has 7 nitrogen and oxygen atoms in total. The van der Waals surface area contributed by atoms with Crippen LogP contribution in [-0.4, -0.2) is 61.6 Å². The molecule has 2 aromatic rings. The molecule has 2 saturated heterocycles. The Bertz CT molecular complexity index is 747. The third-order valence-corrected chi connectivity index (χ3v) is 6.14. The maximum absolute atomic E-state index is 5.75. The number of hydrogen-bond acceptors (Lipinski definition) is 5. The lowest BCUT2D eigenvalue weighted by Crippen LogP contribution is -2.43. The summed E-state index contributed by atoms with van der Waals surface area (Å²) in [6, 6.07) is 8.51. The topological polar surface area (TPSA) is 69.2 Å². The summed E-state index contributed by atoms with van der Waals surface area (Å²) in [5.74, 6) is 2.87. The number of nitrogens with zero attached hydrogens (tertiary/aromatic N) is 3. The zero-order valence-electron chi connectivity index (χ0n) is 18.1. The molecule has 2 aromatic heterocycles. The smallest absolute Gasteiger partial charge is 0.191 e. The number of nitrogens with one attached hydrogen (secondary N) is 2. The normalized spacial score (nSPS) is 20.5. The van der Waals surface area contributed by atoms with Gasteiger partial charge in [0, 0.05) is 13.1 Å². The highest BCUT2D eigenvalue weighted by atomic mass is 16.3. The predicted octanol–water partition coefficient (Wildman–Crippen LogP) is 3.40. The van der Waals surface area contributed by atoms with Gasteiger partial charge in [0.05, 0.1) is 31.2 Å². The van der Waals surface area contributed by atoms with E-state index in [1.807, 2.05) is 12.1 Å². The predicted molar refractivity (Wildman–Crippen MR) is 118 cm³/mol. The highest BCUT2D eigenvalue weighted by Crippen LogP contribution is 2.26. The first-order chi connectivity index (χ1) is 14.8. The molecule has 0 aliphatic carbocycles. The van der Waals surface area contributed by atoms with Crippen LogP contribution in [0.15, 0.2) is 50.6 Å². The summed E-state index contributed by atoms with van der Waals surface area (Å²) in [7, 11) is 0. The third kappa shape index (κ3) is 5.26. The monoisotopic (exact) mass is 413 g/mol. The molecule has 2 N–H and O–H groups in total. The maximum Gasteiger partial charge on any atom is 0.191 e. The van der Waals surface area contributed by atoms with Crippen LogP contribution < -0.4 is 10.6 Å². The van der Waals surface area contributed by atoms with E-state index in [0.717, 1.165) is 56.7 Å². The fraction of sp³-hybridized carbons (Fsp3) is 0.609. The van der Waals surface area contributed by atoms with E-state index < -0.39 is 0 Å². The second-order valence-corrected chi connectivity index (χ2v) is 8.15. The zero-order chi connectivity index (χ0) is 20.6. The maximum atomic E-state index is 5.75. The SMILES string of the molecule is CCNC(=NCC(c1ccco1)N1CCCC1)NCC(c1ccco1)N1CCCC1. The van der Waals surface area contributed by atoms with Gasteiger partial charge >= 0.3 is 0 Å². The highest BCUT2D eigenvalue weighted by molar-refractivity contribution is 5.79. The second-order valence-electron chi connectivity index (χ2n) is 8.15. The van der Waals surface area contributed by atoms with Crippen molar-refractivity contribution >= 4 is 5.96 Å². The van der Waals surface area contributed by atoms with E-state index in [0.29, 0.717) is 6.54 Å². The van der Waals surface area contributed by atoms with Crippen molar-refractivity contribution in [3.63, 3.8) is 0 Å². The minimum absolute atomic E-state index is 0.192. The van der Waals surface area contributed by atoms with Crippen molar-refractivity contribution < 1.29 is 8.83 Å². The molecule has 2 fully saturated rings. The van der Waals surface area contributed by atoms with E-state index in [2.05, 4.69) is 39.5 Å². The van der Waals surface area contributed by atoms with Gasteiger partial charge in [0.15, 0.2) is 5.96 Å². The van der Waals surface area contributed by atoms with Crippen molar-refractivity contribution in [2.75, 3.05) is 45.8 Å². The van der Waals surface area contributed by atoms with Crippen LogP contribution in [-0.2, 0) is 0 Å². The van der Waals surface area contributed by atoms with Crippen molar-refractivity contribution in [3.05, 3.63) is 48.3 Å². The summed E-state index contributed by atoms with van der Waals surface area (Å²) in [5.41, 5.74) is 0. The van der Waals surface area contributed by atoms with Crippen LogP contribution in [0.25, 0.3) is 0 Å². The van der Waals surface area contributed by atoms with Crippen molar-refractivity contribution in [1.82, 2.24) is 20.4 Å². The van der Waals surface area contributed by atoms with Gasteiger partial charge in [-0.3, -0.25) is 14.8 Å². The first-order valence-electron chi connectivity index (χ1n) is 11.4. The van der Waals surface area contributed by atoms with Crippen LogP contribution >= 0.6 is 0 Å². The fourth-order valence-electron chi connectivity index (χ4n) is 4.58. The molecule has 0 radical (unpaired) electrons. The second kappa shape index (κ2) is 10.7. The van der Waals surface area contributed by atoms with E-state index in [4.69, 9.17) is 13.8 Å². The van der Waals surface area contributed by atoms with Gasteiger partial charge in [-0.15, -0.1) is 0 Å². The number of guanidine groups is 1. The molecule has 2 atom stereocenters. The van der Waals surface area contributed by atoms with Crippen LogP contribution in [0, 0.1) is 0 Å². The van der Waals surface area contributed by atoms with E-state index >= 15 is 0 Å². The van der Waals surface area contributed by atoms with Gasteiger partial charge in [-0.25, -0.2) is 0 Å². The first-order valence-corrected chi connectivity index (χ1v) is 11.4. The highest BCUT2D eigenvalue weighted by Gasteiger charge is 2.27. The van der Waals surface area contributed by atoms with E-state index in [9.17, 15) is 0 Å². The van der Waals surface area contributed by atoms with Gasteiger partial charge in [-0.2, -0.15) is 0 Å². The minimum Gasteiger partial charge on any atom is -0.468 e. The summed E-state index contributed by atoms with van der Waals surface area (Å²) in [6.45, 7) is 8.85. The molecule has 2 aliphatic heterocycles. The van der Waals surface area contributed by atoms with Crippen molar-refractivity contribution in [3.8, 4) is 0 Å². The molecule has 2 aliphatic rings. The molecular formula is C23H35N5O2. The standard InChI is InChI=1S/C23H35N5O2/c1-2-24-23(25-17-19(21-9-7-15-29-21)27-11-3-4-12-27)26-18-20(22-10-8-16-30-22)28-13-5-6-14-28/h7-10,15-16,19-20H,2-6,11-14,17-18H2,1H3,(H2,24,25,26). The van der Waals surface area contributed by atoms with Gasteiger partial charge in [0.25, 0.3) is 0 Å². The lowest BCUT2D eigenvalue weighted by atomic mass is 10.2. The van der Waals surface area contributed by atoms with Crippen molar-refractivity contribution in [2.45, 2.75) is 44.7 Å². The lowest BCUT2D eigenvalue weighted by molar-refractivity contribution is 0.214. The molecule has 0 aromatic carbocycles. The molecule has 164 valence electrons. The summed E-state index contributed by atoms with van der Waals surface area (Å²) in [4.78, 5) is 9.93. The average molecular weight is 414 g/mol. The molecule has 0 saturated carbocycles. The molecule has 4 heterocycles. The molecule has 0 bridgehead atoms. The quantitative estimate of drug-likeness (QED) is 0.485. The van der Waals surface area contributed by atoms with Gasteiger partial charge in [0.2, 0.25) is 0 Å². The van der Waals surface area contributed by atoms with Crippen LogP contribution in [0.1, 0.15) is 56.2 Å². The number of rotatable bonds is 9. The Kier molecular flexibility index (Phi) is 7.48. The Labute approximate surface area is 179 Å². The van der Waals surface area contributed by atoms with E-state index in [-0.39, 0.29) is 12.1 Å². The minimum atomic E-state index is 0.192. The largest absolute Gasteiger partial charge is 0.468 e. The molecule has 2 unspecified atom stereocenters. The number of hydrogen-bond donors (Lipinski definition) is 2. The van der Waals surface area contributed by atoms with Crippen LogP contribution in [0.5, 0.6) is 0 Å². The summed E-state index contributed by atoms with van der Waals surface area (Å²) in [5, 5.41) is 6.97. The van der Waals surface area contributed by atoms with Crippen LogP contribution in [0.4, 0.5) is 0 Å². The Balaban J connectivity index is 1.43. The van der Waals surface area contributed by atoms with Crippen molar-refractivity contribution in [1.29, 1.82) is 0 Å². The Morgan fingerprint density at radius 1 is 0.900 bits per heavy atom. The first kappa shape index (κ1) is 21.0. The molecular weight excluding hydrogens is 378 g/mol. The van der Waals surface area contributed by atoms with Gasteiger partial charge < -0.3 is 19.5 Å². The van der Waals surface area contributed by atoms with E-state index in [1.54, 1.807) is 12.5 Å². The molecule has 30 heavy (non-hydrogen) atoms. The summed E-state index contributed by atoms with van der Waals surface area (Å²) >= 11 is 0. The Hall–Kier alpha value is -2.25. The Morgan fingerprint density at radius 3 is 2.00 bits per heavy atom. The fourth-order valence-corrected chi connectivity index (χ4v) is 4.58. The summed E-state index contributed by atoms with van der Waals surface area (Å²) in [6.07, 6.45) is 8.54. The zero-order valence-corrected chi connectivity index (χ0v) is 18.1. The molecule has 0 amide bonds.